The van der Waals surface area contributed by atoms with Gasteiger partial charge in [0.1, 0.15) is 0 Å². The number of hydrogen-bond acceptors (Lipinski definition) is 1. The number of rotatable bonds is 5. The second-order valence-electron chi connectivity index (χ2n) is 7.35. The van der Waals surface area contributed by atoms with Gasteiger partial charge in [-0.05, 0) is 67.7 Å². The van der Waals surface area contributed by atoms with E-state index in [-0.39, 0.29) is 16.2 Å². The van der Waals surface area contributed by atoms with Gasteiger partial charge in [-0.15, -0.1) is 0 Å². The van der Waals surface area contributed by atoms with Crippen LogP contribution in [0.4, 0.5) is 18.9 Å². The molecule has 1 aliphatic carbocycles. The van der Waals surface area contributed by atoms with Crippen LogP contribution in [-0.2, 0) is 12.6 Å². The smallest absolute Gasteiger partial charge is 0.357 e. The lowest BCUT2D eigenvalue weighted by molar-refractivity contribution is -0.137. The predicted molar refractivity (Wildman–Crippen MR) is 117 cm³/mol. The summed E-state index contributed by atoms with van der Waals surface area (Å²) in [6.45, 7) is 0. The average molecular weight is 461 g/mol. The van der Waals surface area contributed by atoms with E-state index in [1.165, 1.54) is 12.1 Å². The van der Waals surface area contributed by atoms with E-state index in [1.54, 1.807) is 0 Å². The summed E-state index contributed by atoms with van der Waals surface area (Å²) in [6, 6.07) is 11.4. The molecule has 0 saturated heterocycles. The lowest BCUT2D eigenvalue weighted by atomic mass is 9.89. The van der Waals surface area contributed by atoms with E-state index in [1.807, 2.05) is 24.3 Å². The van der Waals surface area contributed by atoms with Crippen molar-refractivity contribution in [3.05, 3.63) is 63.6 Å². The van der Waals surface area contributed by atoms with Gasteiger partial charge in [-0.2, -0.15) is 13.2 Å². The van der Waals surface area contributed by atoms with Crippen LogP contribution in [0.1, 0.15) is 43.2 Å². The minimum Gasteiger partial charge on any atom is -0.357 e. The highest BCUT2D eigenvalue weighted by molar-refractivity contribution is 7.80. The number of anilines is 1. The number of alkyl halides is 3. The molecule has 1 aliphatic rings. The Bertz CT molecular complexity index is 880. The molecule has 3 rings (SSSR count). The second kappa shape index (κ2) is 9.11. The molecule has 156 valence electrons. The van der Waals surface area contributed by atoms with Gasteiger partial charge < -0.3 is 10.6 Å². The fourth-order valence-corrected chi connectivity index (χ4v) is 4.58. The molecule has 0 heterocycles. The van der Waals surface area contributed by atoms with Crippen LogP contribution in [0.2, 0.25) is 10.0 Å². The molecule has 1 saturated carbocycles. The van der Waals surface area contributed by atoms with Crippen molar-refractivity contribution < 1.29 is 13.2 Å². The van der Waals surface area contributed by atoms with Gasteiger partial charge >= 0.3 is 6.18 Å². The van der Waals surface area contributed by atoms with Crippen LogP contribution in [0, 0.1) is 0 Å². The molecule has 2 aromatic rings. The Labute approximate surface area is 183 Å². The summed E-state index contributed by atoms with van der Waals surface area (Å²) in [5.41, 5.74) is 0.246. The summed E-state index contributed by atoms with van der Waals surface area (Å²) in [4.78, 5) is 0. The molecule has 0 amide bonds. The third-order valence-electron chi connectivity index (χ3n) is 5.30. The largest absolute Gasteiger partial charge is 0.417 e. The van der Waals surface area contributed by atoms with Crippen LogP contribution < -0.4 is 10.6 Å². The zero-order chi connectivity index (χ0) is 21.1. The Morgan fingerprint density at radius 2 is 1.72 bits per heavy atom. The lowest BCUT2D eigenvalue weighted by Gasteiger charge is -2.32. The van der Waals surface area contributed by atoms with Crippen molar-refractivity contribution in [2.24, 2.45) is 0 Å². The topological polar surface area (TPSA) is 24.1 Å². The third kappa shape index (κ3) is 5.77. The highest BCUT2D eigenvalue weighted by Gasteiger charge is 2.35. The van der Waals surface area contributed by atoms with E-state index in [4.69, 9.17) is 35.4 Å². The molecule has 8 heteroatoms. The molecule has 0 aliphatic heterocycles. The van der Waals surface area contributed by atoms with E-state index in [2.05, 4.69) is 10.6 Å². The van der Waals surface area contributed by atoms with Crippen LogP contribution in [0.25, 0.3) is 0 Å². The molecule has 0 spiro atoms. The van der Waals surface area contributed by atoms with Gasteiger partial charge in [0.05, 0.1) is 10.6 Å². The Hall–Kier alpha value is -1.50. The first kappa shape index (κ1) is 22.2. The summed E-state index contributed by atoms with van der Waals surface area (Å²) in [7, 11) is 0. The first-order valence-electron chi connectivity index (χ1n) is 9.38. The number of halogens is 5. The van der Waals surface area contributed by atoms with Gasteiger partial charge in [0.25, 0.3) is 0 Å². The Morgan fingerprint density at radius 3 is 2.38 bits per heavy atom. The maximum atomic E-state index is 13.1. The van der Waals surface area contributed by atoms with Crippen molar-refractivity contribution in [2.45, 2.75) is 50.2 Å². The summed E-state index contributed by atoms with van der Waals surface area (Å²) in [5, 5.41) is 6.95. The summed E-state index contributed by atoms with van der Waals surface area (Å²) < 4.78 is 39.2. The minimum absolute atomic E-state index is 0.192. The van der Waals surface area contributed by atoms with Crippen molar-refractivity contribution in [2.75, 3.05) is 5.32 Å². The quantitative estimate of drug-likeness (QED) is 0.459. The molecular weight excluding hydrogens is 440 g/mol. The first-order valence-corrected chi connectivity index (χ1v) is 10.5. The van der Waals surface area contributed by atoms with Crippen LogP contribution in [-0.4, -0.2) is 10.7 Å². The number of aryl methyl sites for hydroxylation is 1. The highest BCUT2D eigenvalue weighted by atomic mass is 35.5. The van der Waals surface area contributed by atoms with Crippen molar-refractivity contribution in [1.29, 1.82) is 0 Å². The minimum atomic E-state index is -4.52. The van der Waals surface area contributed by atoms with E-state index >= 15 is 0 Å². The molecule has 0 radical (unpaired) electrons. The van der Waals surface area contributed by atoms with Crippen LogP contribution in [0.3, 0.4) is 0 Å². The molecule has 29 heavy (non-hydrogen) atoms. The van der Waals surface area contributed by atoms with Crippen LogP contribution in [0.5, 0.6) is 0 Å². The second-order valence-corrected chi connectivity index (χ2v) is 8.57. The number of benzene rings is 2. The molecule has 0 atom stereocenters. The predicted octanol–water partition coefficient (Wildman–Crippen LogP) is 7.24. The van der Waals surface area contributed by atoms with Gasteiger partial charge in [0.15, 0.2) is 5.11 Å². The van der Waals surface area contributed by atoms with Gasteiger partial charge in [-0.25, -0.2) is 0 Å². The standard InChI is InChI=1S/C21H21Cl2F3N2S/c22-17-6-2-1-5-14(17)9-12-20(10-3-4-11-20)28-19(29)27-15-7-8-18(23)16(13-15)21(24,25)26/h1-2,5-8,13H,3-4,9-12H2,(H2,27,28,29). The monoisotopic (exact) mass is 460 g/mol. The number of thiocarbonyl (C=S) groups is 1. The Balaban J connectivity index is 1.68. The molecule has 2 N–H and O–H groups in total. The first-order chi connectivity index (χ1) is 13.7. The van der Waals surface area contributed by atoms with Gasteiger partial charge in [-0.1, -0.05) is 54.2 Å². The fraction of sp³-hybridized carbons (Fsp3) is 0.381. The van der Waals surface area contributed by atoms with Crippen molar-refractivity contribution in [3.63, 3.8) is 0 Å². The molecule has 0 aromatic heterocycles. The maximum Gasteiger partial charge on any atom is 0.417 e. The van der Waals surface area contributed by atoms with Crippen LogP contribution in [0.15, 0.2) is 42.5 Å². The van der Waals surface area contributed by atoms with Gasteiger partial charge in [-0.3, -0.25) is 0 Å². The fourth-order valence-electron chi connectivity index (χ4n) is 3.79. The number of hydrogen-bond donors (Lipinski definition) is 2. The molecule has 2 nitrogen and oxygen atoms in total. The normalized spacial score (nSPS) is 15.9. The van der Waals surface area contributed by atoms with Gasteiger partial charge in [0.2, 0.25) is 0 Å². The summed E-state index contributed by atoms with van der Waals surface area (Å²) in [6.07, 6.45) is 1.18. The van der Waals surface area contributed by atoms with E-state index in [0.29, 0.717) is 5.11 Å². The SMILES string of the molecule is FC(F)(F)c1cc(NC(=S)NC2(CCc3ccccc3Cl)CCCC2)ccc1Cl. The molecule has 2 aromatic carbocycles. The van der Waals surface area contributed by atoms with Crippen LogP contribution >= 0.6 is 35.4 Å². The lowest BCUT2D eigenvalue weighted by Crippen LogP contribution is -2.48. The van der Waals surface area contributed by atoms with E-state index in [9.17, 15) is 13.2 Å². The van der Waals surface area contributed by atoms with E-state index < -0.39 is 11.7 Å². The summed E-state index contributed by atoms with van der Waals surface area (Å²) >= 11 is 17.4. The average Bonchev–Trinajstić information content (AvgIpc) is 3.10. The maximum absolute atomic E-state index is 13.1. The Morgan fingerprint density at radius 1 is 1.03 bits per heavy atom. The summed E-state index contributed by atoms with van der Waals surface area (Å²) in [5.74, 6) is 0. The van der Waals surface area contributed by atoms with Gasteiger partial charge in [0, 0.05) is 16.2 Å². The molecule has 1 fully saturated rings. The van der Waals surface area contributed by atoms with Crippen molar-refractivity contribution in [1.82, 2.24) is 5.32 Å². The Kier molecular flexibility index (Phi) is 6.97. The number of nitrogens with one attached hydrogen (secondary N) is 2. The molecular formula is C21H21Cl2F3N2S. The zero-order valence-corrected chi connectivity index (χ0v) is 17.9. The molecule has 0 unspecified atom stereocenters. The van der Waals surface area contributed by atoms with Crippen molar-refractivity contribution >= 4 is 46.2 Å². The molecule has 0 bridgehead atoms. The zero-order valence-electron chi connectivity index (χ0n) is 15.6. The van der Waals surface area contributed by atoms with Crippen molar-refractivity contribution in [3.8, 4) is 0 Å². The van der Waals surface area contributed by atoms with E-state index in [0.717, 1.165) is 55.2 Å². The highest BCUT2D eigenvalue weighted by Crippen LogP contribution is 2.37. The third-order valence-corrected chi connectivity index (χ3v) is 6.20.